The Morgan fingerprint density at radius 2 is 2.11 bits per heavy atom. The molecule has 5 heteroatoms. The van der Waals surface area contributed by atoms with Crippen molar-refractivity contribution >= 4 is 16.9 Å². The average molecular weight is 258 g/mol. The summed E-state index contributed by atoms with van der Waals surface area (Å²) in [4.78, 5) is 22.0. The molecule has 0 atom stereocenters. The molecule has 0 N–H and O–H groups in total. The first kappa shape index (κ1) is 12.1. The van der Waals surface area contributed by atoms with Crippen LogP contribution in [0, 0.1) is 6.92 Å². The van der Waals surface area contributed by atoms with Gasteiger partial charge in [0.15, 0.2) is 0 Å². The Balaban J connectivity index is 1.85. The van der Waals surface area contributed by atoms with E-state index in [-0.39, 0.29) is 5.91 Å². The number of nitrogens with zero attached hydrogens (tertiary/aromatic N) is 4. The lowest BCUT2D eigenvalue weighted by atomic mass is 10.0. The van der Waals surface area contributed by atoms with E-state index in [0.717, 1.165) is 42.8 Å². The van der Waals surface area contributed by atoms with Crippen LogP contribution in [0.2, 0.25) is 0 Å². The molecule has 0 unspecified atom stereocenters. The van der Waals surface area contributed by atoms with E-state index in [0.29, 0.717) is 6.04 Å². The van der Waals surface area contributed by atoms with E-state index < -0.39 is 0 Å². The molecule has 100 valence electrons. The van der Waals surface area contributed by atoms with Crippen LogP contribution in [0.15, 0.2) is 18.5 Å². The molecule has 0 radical (unpaired) electrons. The number of hydrogen-bond donors (Lipinski definition) is 0. The summed E-state index contributed by atoms with van der Waals surface area (Å²) in [6.07, 6.45) is 5.95. The second kappa shape index (κ2) is 4.64. The van der Waals surface area contributed by atoms with Crippen LogP contribution in [0.25, 0.3) is 11.0 Å². The van der Waals surface area contributed by atoms with Crippen molar-refractivity contribution in [2.75, 3.05) is 13.1 Å². The van der Waals surface area contributed by atoms with Gasteiger partial charge < -0.3 is 9.47 Å². The molecule has 1 aliphatic rings. The number of rotatable bonds is 1. The van der Waals surface area contributed by atoms with Gasteiger partial charge in [-0.1, -0.05) is 0 Å². The van der Waals surface area contributed by atoms with Crippen LogP contribution >= 0.6 is 0 Å². The highest BCUT2D eigenvalue weighted by Crippen LogP contribution is 2.26. The van der Waals surface area contributed by atoms with Crippen molar-refractivity contribution in [1.29, 1.82) is 0 Å². The van der Waals surface area contributed by atoms with Gasteiger partial charge in [0.2, 0.25) is 5.91 Å². The molecule has 0 spiro atoms. The number of hydrogen-bond acceptors (Lipinski definition) is 3. The van der Waals surface area contributed by atoms with Crippen molar-refractivity contribution in [3.63, 3.8) is 0 Å². The topological polar surface area (TPSA) is 51.0 Å². The van der Waals surface area contributed by atoms with Gasteiger partial charge in [-0.3, -0.25) is 4.79 Å². The number of carbonyl (C=O) groups is 1. The fourth-order valence-corrected chi connectivity index (χ4v) is 2.78. The highest BCUT2D eigenvalue weighted by atomic mass is 16.2. The molecule has 0 saturated carbocycles. The predicted molar refractivity (Wildman–Crippen MR) is 72.8 cm³/mol. The zero-order valence-electron chi connectivity index (χ0n) is 11.3. The van der Waals surface area contributed by atoms with Gasteiger partial charge in [0, 0.05) is 43.8 Å². The molecule has 2 aromatic rings. The minimum atomic E-state index is 0.175. The molecule has 1 fully saturated rings. The number of aryl methyl sites for hydroxylation is 1. The Labute approximate surface area is 112 Å². The molecular formula is C14H18N4O. The average Bonchev–Trinajstić information content (AvgIpc) is 2.81. The van der Waals surface area contributed by atoms with Gasteiger partial charge in [0.1, 0.15) is 11.5 Å². The van der Waals surface area contributed by atoms with Crippen molar-refractivity contribution in [1.82, 2.24) is 19.4 Å². The van der Waals surface area contributed by atoms with Crippen molar-refractivity contribution in [2.24, 2.45) is 0 Å². The first-order valence-electron chi connectivity index (χ1n) is 6.71. The summed E-state index contributed by atoms with van der Waals surface area (Å²) < 4.78 is 2.24. The maximum Gasteiger partial charge on any atom is 0.219 e. The molecule has 1 amide bonds. The Morgan fingerprint density at radius 1 is 1.37 bits per heavy atom. The molecule has 0 aromatic carbocycles. The Kier molecular flexibility index (Phi) is 2.97. The molecule has 0 aliphatic carbocycles. The smallest absolute Gasteiger partial charge is 0.219 e. The van der Waals surface area contributed by atoms with E-state index in [4.69, 9.17) is 0 Å². The molecule has 3 rings (SSSR count). The quantitative estimate of drug-likeness (QED) is 0.785. The Morgan fingerprint density at radius 3 is 2.79 bits per heavy atom. The second-order valence-electron chi connectivity index (χ2n) is 5.16. The summed E-state index contributed by atoms with van der Waals surface area (Å²) in [5, 5.41) is 1.08. The van der Waals surface area contributed by atoms with Crippen molar-refractivity contribution < 1.29 is 4.79 Å². The van der Waals surface area contributed by atoms with Crippen LogP contribution in [-0.4, -0.2) is 38.4 Å². The van der Waals surface area contributed by atoms with Crippen LogP contribution in [-0.2, 0) is 4.79 Å². The summed E-state index contributed by atoms with van der Waals surface area (Å²) >= 11 is 0. The molecule has 5 nitrogen and oxygen atoms in total. The summed E-state index contributed by atoms with van der Waals surface area (Å²) in [7, 11) is 0. The van der Waals surface area contributed by atoms with E-state index in [1.165, 1.54) is 0 Å². The normalized spacial score (nSPS) is 17.1. The third kappa shape index (κ3) is 2.20. The number of carbonyl (C=O) groups excluding carboxylic acids is 1. The number of amides is 1. The largest absolute Gasteiger partial charge is 0.343 e. The van der Waals surface area contributed by atoms with Gasteiger partial charge in [0.25, 0.3) is 0 Å². The fraction of sp³-hybridized carbons (Fsp3) is 0.500. The van der Waals surface area contributed by atoms with Gasteiger partial charge in [-0.05, 0) is 25.8 Å². The molecule has 0 bridgehead atoms. The SMILES string of the molecule is CC(=O)N1CCC(n2ccc3cnc(C)nc32)CC1. The third-order valence-electron chi connectivity index (χ3n) is 3.88. The molecule has 1 aliphatic heterocycles. The fourth-order valence-electron chi connectivity index (χ4n) is 2.78. The summed E-state index contributed by atoms with van der Waals surface area (Å²) in [5.74, 6) is 0.975. The summed E-state index contributed by atoms with van der Waals surface area (Å²) in [6, 6.07) is 2.49. The monoisotopic (exact) mass is 258 g/mol. The maximum absolute atomic E-state index is 11.3. The van der Waals surface area contributed by atoms with E-state index in [1.807, 2.05) is 18.0 Å². The molecule has 3 heterocycles. The van der Waals surface area contributed by atoms with Gasteiger partial charge in [-0.25, -0.2) is 9.97 Å². The maximum atomic E-state index is 11.3. The van der Waals surface area contributed by atoms with Crippen molar-refractivity contribution in [3.05, 3.63) is 24.3 Å². The van der Waals surface area contributed by atoms with Crippen LogP contribution in [0.3, 0.4) is 0 Å². The van der Waals surface area contributed by atoms with E-state index in [2.05, 4.69) is 26.8 Å². The highest BCUT2D eigenvalue weighted by Gasteiger charge is 2.22. The van der Waals surface area contributed by atoms with E-state index in [9.17, 15) is 4.79 Å². The lowest BCUT2D eigenvalue weighted by Gasteiger charge is -2.32. The molecular weight excluding hydrogens is 240 g/mol. The van der Waals surface area contributed by atoms with Crippen LogP contribution in [0.5, 0.6) is 0 Å². The zero-order valence-corrected chi connectivity index (χ0v) is 11.3. The van der Waals surface area contributed by atoms with E-state index in [1.54, 1.807) is 6.92 Å². The molecule has 1 saturated heterocycles. The number of likely N-dealkylation sites (tertiary alicyclic amines) is 1. The third-order valence-corrected chi connectivity index (χ3v) is 3.88. The first-order chi connectivity index (χ1) is 9.15. The lowest BCUT2D eigenvalue weighted by molar-refractivity contribution is -0.130. The number of fused-ring (bicyclic) bond motifs is 1. The number of piperidine rings is 1. The Hall–Kier alpha value is -1.91. The summed E-state index contributed by atoms with van der Waals surface area (Å²) in [5.41, 5.74) is 1.01. The van der Waals surface area contributed by atoms with Crippen molar-refractivity contribution in [2.45, 2.75) is 32.7 Å². The molecule has 19 heavy (non-hydrogen) atoms. The van der Waals surface area contributed by atoms with Gasteiger partial charge in [-0.2, -0.15) is 0 Å². The minimum absolute atomic E-state index is 0.175. The van der Waals surface area contributed by atoms with Crippen LogP contribution < -0.4 is 0 Å². The first-order valence-corrected chi connectivity index (χ1v) is 6.71. The molecule has 2 aromatic heterocycles. The lowest BCUT2D eigenvalue weighted by Crippen LogP contribution is -2.37. The van der Waals surface area contributed by atoms with Crippen LogP contribution in [0.1, 0.15) is 31.6 Å². The van der Waals surface area contributed by atoms with Gasteiger partial charge >= 0.3 is 0 Å². The predicted octanol–water partition coefficient (Wildman–Crippen LogP) is 1.92. The van der Waals surface area contributed by atoms with Crippen molar-refractivity contribution in [3.8, 4) is 0 Å². The van der Waals surface area contributed by atoms with Gasteiger partial charge in [0.05, 0.1) is 0 Å². The highest BCUT2D eigenvalue weighted by molar-refractivity contribution is 5.75. The van der Waals surface area contributed by atoms with Gasteiger partial charge in [-0.15, -0.1) is 0 Å². The summed E-state index contributed by atoms with van der Waals surface area (Å²) in [6.45, 7) is 5.23. The zero-order chi connectivity index (χ0) is 13.4. The van der Waals surface area contributed by atoms with Crippen LogP contribution in [0.4, 0.5) is 0 Å². The number of aromatic nitrogens is 3. The standard InChI is InChI=1S/C14H18N4O/c1-10-15-9-12-3-8-18(14(12)16-10)13-4-6-17(7-5-13)11(2)19/h3,8-9,13H,4-7H2,1-2H3. The van der Waals surface area contributed by atoms with E-state index >= 15 is 0 Å². The second-order valence-corrected chi connectivity index (χ2v) is 5.16. The minimum Gasteiger partial charge on any atom is -0.343 e. The Bertz CT molecular complexity index is 611.